The van der Waals surface area contributed by atoms with E-state index in [1.165, 1.54) is 0 Å². The van der Waals surface area contributed by atoms with Gasteiger partial charge in [-0.1, -0.05) is 13.8 Å². The fourth-order valence-corrected chi connectivity index (χ4v) is 1.63. The van der Waals surface area contributed by atoms with Gasteiger partial charge in [0.05, 0.1) is 5.60 Å². The van der Waals surface area contributed by atoms with Crippen molar-refractivity contribution in [1.29, 1.82) is 0 Å². The average molecular weight is 189 g/mol. The molecule has 2 nitrogen and oxygen atoms in total. The van der Waals surface area contributed by atoms with E-state index in [1.807, 2.05) is 25.7 Å². The highest BCUT2D eigenvalue weighted by Crippen LogP contribution is 2.27. The van der Waals surface area contributed by atoms with Crippen molar-refractivity contribution in [2.45, 2.75) is 39.0 Å². The lowest BCUT2D eigenvalue weighted by molar-refractivity contribution is -0.0834. The van der Waals surface area contributed by atoms with Crippen molar-refractivity contribution < 1.29 is 9.50 Å². The zero-order chi connectivity index (χ0) is 10.3. The van der Waals surface area contributed by atoms with Gasteiger partial charge in [0.25, 0.3) is 0 Å². The minimum absolute atomic E-state index is 0.207. The summed E-state index contributed by atoms with van der Waals surface area (Å²) in [7, 11) is 0. The van der Waals surface area contributed by atoms with Gasteiger partial charge in [0.2, 0.25) is 0 Å². The van der Waals surface area contributed by atoms with Gasteiger partial charge in [0.1, 0.15) is 5.67 Å². The summed E-state index contributed by atoms with van der Waals surface area (Å²) in [6.45, 7) is 8.86. The van der Waals surface area contributed by atoms with Crippen LogP contribution >= 0.6 is 0 Å². The Labute approximate surface area is 79.7 Å². The molecule has 0 saturated carbocycles. The second kappa shape index (κ2) is 3.21. The third-order valence-electron chi connectivity index (χ3n) is 2.89. The molecule has 1 rings (SSSR count). The number of nitrogens with zero attached hydrogens (tertiary/aromatic N) is 1. The van der Waals surface area contributed by atoms with Crippen LogP contribution in [-0.4, -0.2) is 40.9 Å². The second-order valence-electron chi connectivity index (χ2n) is 5.07. The van der Waals surface area contributed by atoms with Crippen LogP contribution in [0.3, 0.4) is 0 Å². The van der Waals surface area contributed by atoms with Crippen molar-refractivity contribution in [2.24, 2.45) is 5.92 Å². The zero-order valence-electron chi connectivity index (χ0n) is 8.97. The molecule has 1 fully saturated rings. The van der Waals surface area contributed by atoms with E-state index < -0.39 is 11.3 Å². The largest absolute Gasteiger partial charge is 0.389 e. The van der Waals surface area contributed by atoms with Crippen molar-refractivity contribution in [3.63, 3.8) is 0 Å². The summed E-state index contributed by atoms with van der Waals surface area (Å²) in [6.07, 6.45) is 0. The second-order valence-corrected chi connectivity index (χ2v) is 5.07. The number of β-amino-alcohol motifs (C(OH)–C–C–N with tert-alkyl or cyclic N) is 1. The van der Waals surface area contributed by atoms with Gasteiger partial charge in [-0.05, 0) is 19.8 Å². The summed E-state index contributed by atoms with van der Waals surface area (Å²) in [4.78, 5) is 1.96. The first-order valence-electron chi connectivity index (χ1n) is 4.87. The first kappa shape index (κ1) is 10.9. The van der Waals surface area contributed by atoms with Crippen molar-refractivity contribution >= 4 is 0 Å². The van der Waals surface area contributed by atoms with Crippen LogP contribution in [-0.2, 0) is 0 Å². The van der Waals surface area contributed by atoms with Crippen LogP contribution in [0.4, 0.5) is 4.39 Å². The minimum atomic E-state index is -1.03. The van der Waals surface area contributed by atoms with Crippen LogP contribution in [0, 0.1) is 5.92 Å². The predicted octanol–water partition coefficient (Wildman–Crippen LogP) is 1.44. The van der Waals surface area contributed by atoms with E-state index in [4.69, 9.17) is 0 Å². The quantitative estimate of drug-likeness (QED) is 0.726. The maximum absolute atomic E-state index is 13.1. The summed E-state index contributed by atoms with van der Waals surface area (Å²) in [5, 5.41) is 9.93. The third kappa shape index (κ3) is 2.64. The number of hydrogen-bond donors (Lipinski definition) is 1. The normalized spacial score (nSPS) is 27.0. The molecule has 1 unspecified atom stereocenters. The van der Waals surface area contributed by atoms with Crippen LogP contribution in [0.15, 0.2) is 0 Å². The standard InChI is InChI=1S/C10H20FNO/c1-8(2)10(4,13)7-12-5-9(3,11)6-12/h8,13H,5-7H2,1-4H3. The molecule has 1 atom stereocenters. The Kier molecular flexibility index (Phi) is 2.70. The van der Waals surface area contributed by atoms with Crippen molar-refractivity contribution in [3.05, 3.63) is 0 Å². The Balaban J connectivity index is 2.35. The van der Waals surface area contributed by atoms with Crippen LogP contribution in [0.2, 0.25) is 0 Å². The monoisotopic (exact) mass is 189 g/mol. The molecule has 1 heterocycles. The topological polar surface area (TPSA) is 23.5 Å². The molecule has 1 N–H and O–H groups in total. The van der Waals surface area contributed by atoms with Gasteiger partial charge >= 0.3 is 0 Å². The van der Waals surface area contributed by atoms with Crippen LogP contribution < -0.4 is 0 Å². The molecule has 0 amide bonds. The molecular weight excluding hydrogens is 169 g/mol. The number of hydrogen-bond acceptors (Lipinski definition) is 2. The summed E-state index contributed by atoms with van der Waals surface area (Å²) in [5.74, 6) is 0.207. The van der Waals surface area contributed by atoms with E-state index in [1.54, 1.807) is 6.92 Å². The maximum atomic E-state index is 13.1. The van der Waals surface area contributed by atoms with E-state index in [0.29, 0.717) is 19.6 Å². The molecule has 3 heteroatoms. The van der Waals surface area contributed by atoms with Gasteiger partial charge in [0, 0.05) is 19.6 Å². The summed E-state index contributed by atoms with van der Waals surface area (Å²) in [6, 6.07) is 0. The van der Waals surface area contributed by atoms with Gasteiger partial charge < -0.3 is 5.11 Å². The first-order chi connectivity index (χ1) is 5.73. The Bertz CT molecular complexity index is 181. The summed E-state index contributed by atoms with van der Waals surface area (Å²) in [5.41, 5.74) is -1.73. The highest BCUT2D eigenvalue weighted by atomic mass is 19.1. The molecule has 0 spiro atoms. The fourth-order valence-electron chi connectivity index (χ4n) is 1.63. The Morgan fingerprint density at radius 1 is 1.54 bits per heavy atom. The number of halogens is 1. The Morgan fingerprint density at radius 2 is 2.00 bits per heavy atom. The maximum Gasteiger partial charge on any atom is 0.133 e. The lowest BCUT2D eigenvalue weighted by atomic mass is 9.89. The molecule has 0 radical (unpaired) electrons. The van der Waals surface area contributed by atoms with Gasteiger partial charge in [0.15, 0.2) is 0 Å². The average Bonchev–Trinajstić information content (AvgIpc) is 1.81. The van der Waals surface area contributed by atoms with Crippen molar-refractivity contribution in [1.82, 2.24) is 4.90 Å². The Morgan fingerprint density at radius 3 is 2.31 bits per heavy atom. The van der Waals surface area contributed by atoms with E-state index in [0.717, 1.165) is 0 Å². The fraction of sp³-hybridized carbons (Fsp3) is 1.00. The highest BCUT2D eigenvalue weighted by Gasteiger charge is 2.41. The van der Waals surface area contributed by atoms with Crippen LogP contribution in [0.1, 0.15) is 27.7 Å². The lowest BCUT2D eigenvalue weighted by Gasteiger charge is -2.46. The number of aliphatic hydroxyl groups is 1. The van der Waals surface area contributed by atoms with E-state index in [-0.39, 0.29) is 5.92 Å². The number of rotatable bonds is 3. The van der Waals surface area contributed by atoms with Gasteiger partial charge in [-0.2, -0.15) is 0 Å². The SMILES string of the molecule is CC(C)C(C)(O)CN1CC(C)(F)C1. The number of likely N-dealkylation sites (tertiary alicyclic amines) is 1. The minimum Gasteiger partial charge on any atom is -0.389 e. The number of alkyl halides is 1. The summed E-state index contributed by atoms with van der Waals surface area (Å²) >= 11 is 0. The third-order valence-corrected chi connectivity index (χ3v) is 2.89. The molecule has 13 heavy (non-hydrogen) atoms. The Hall–Kier alpha value is -0.150. The van der Waals surface area contributed by atoms with Gasteiger partial charge in [-0.15, -0.1) is 0 Å². The first-order valence-corrected chi connectivity index (χ1v) is 4.87. The van der Waals surface area contributed by atoms with Gasteiger partial charge in [-0.25, -0.2) is 4.39 Å². The molecule has 0 aromatic rings. The lowest BCUT2D eigenvalue weighted by Crippen LogP contribution is -2.61. The molecule has 1 aliphatic rings. The molecule has 78 valence electrons. The van der Waals surface area contributed by atoms with Crippen molar-refractivity contribution in [3.8, 4) is 0 Å². The van der Waals surface area contributed by atoms with Gasteiger partial charge in [-0.3, -0.25) is 4.90 Å². The summed E-state index contributed by atoms with van der Waals surface area (Å²) < 4.78 is 13.1. The van der Waals surface area contributed by atoms with E-state index in [2.05, 4.69) is 0 Å². The molecule has 0 aromatic heterocycles. The van der Waals surface area contributed by atoms with Crippen LogP contribution in [0.5, 0.6) is 0 Å². The van der Waals surface area contributed by atoms with Crippen molar-refractivity contribution in [2.75, 3.05) is 19.6 Å². The molecule has 1 aliphatic heterocycles. The van der Waals surface area contributed by atoms with E-state index >= 15 is 0 Å². The molecule has 0 aliphatic carbocycles. The smallest absolute Gasteiger partial charge is 0.133 e. The molecule has 0 bridgehead atoms. The molecule has 1 saturated heterocycles. The molecule has 0 aromatic carbocycles. The predicted molar refractivity (Wildman–Crippen MR) is 51.4 cm³/mol. The highest BCUT2D eigenvalue weighted by molar-refractivity contribution is 4.95. The zero-order valence-corrected chi connectivity index (χ0v) is 8.97. The molecular formula is C10H20FNO. The van der Waals surface area contributed by atoms with E-state index in [9.17, 15) is 9.50 Å². The van der Waals surface area contributed by atoms with Crippen LogP contribution in [0.25, 0.3) is 0 Å².